The maximum absolute atomic E-state index is 11.3. The molecule has 0 fully saturated rings. The minimum absolute atomic E-state index is 0.309. The third kappa shape index (κ3) is 6.40. The summed E-state index contributed by atoms with van der Waals surface area (Å²) in [5.41, 5.74) is 0.488. The lowest BCUT2D eigenvalue weighted by Gasteiger charge is -2.14. The number of likely N-dealkylation sites (N-methyl/N-ethyl adjacent to an activating group) is 1. The Kier molecular flexibility index (Phi) is 7.50. The summed E-state index contributed by atoms with van der Waals surface area (Å²) in [5, 5.41) is 0. The Hall–Kier alpha value is -1.78. The van der Waals surface area contributed by atoms with Crippen molar-refractivity contribution in [3.8, 4) is 0 Å². The molecule has 0 aliphatic carbocycles. The second-order valence-electron chi connectivity index (χ2n) is 3.49. The lowest BCUT2D eigenvalue weighted by Crippen LogP contribution is -2.20. The van der Waals surface area contributed by atoms with Crippen LogP contribution in [-0.4, -0.2) is 44.7 Å². The number of rotatable bonds is 7. The van der Waals surface area contributed by atoms with E-state index in [1.165, 1.54) is 7.11 Å². The smallest absolute Gasteiger partial charge is 0.353 e. The van der Waals surface area contributed by atoms with E-state index in [0.717, 1.165) is 6.08 Å². The first-order valence-corrected chi connectivity index (χ1v) is 5.28. The summed E-state index contributed by atoms with van der Waals surface area (Å²) in [7, 11) is 4.87. The van der Waals surface area contributed by atoms with Crippen LogP contribution in [0.3, 0.4) is 0 Å². The fourth-order valence-electron chi connectivity index (χ4n) is 1.11. The fourth-order valence-corrected chi connectivity index (χ4v) is 1.11. The standard InChI is InChI=1S/C12H19NO4/c1-5-11(14)17-9-7-6-8-10(13(2)3)12(15)16-4/h5,8H,1,6-7,9H2,2-4H3. The van der Waals surface area contributed by atoms with Crippen LogP contribution in [0.5, 0.6) is 0 Å². The van der Waals surface area contributed by atoms with E-state index in [2.05, 4.69) is 11.3 Å². The van der Waals surface area contributed by atoms with E-state index in [4.69, 9.17) is 4.74 Å². The van der Waals surface area contributed by atoms with E-state index in [1.54, 1.807) is 25.1 Å². The van der Waals surface area contributed by atoms with Gasteiger partial charge in [-0.3, -0.25) is 0 Å². The number of unbranched alkanes of at least 4 members (excludes halogenated alkanes) is 1. The molecule has 0 bridgehead atoms. The molecular weight excluding hydrogens is 222 g/mol. The van der Waals surface area contributed by atoms with Gasteiger partial charge in [-0.05, 0) is 12.8 Å². The second-order valence-corrected chi connectivity index (χ2v) is 3.49. The Labute approximate surface area is 102 Å². The Morgan fingerprint density at radius 3 is 2.47 bits per heavy atom. The summed E-state index contributed by atoms with van der Waals surface area (Å²) in [4.78, 5) is 23.8. The number of allylic oxidation sites excluding steroid dienone is 1. The largest absolute Gasteiger partial charge is 0.464 e. The first-order valence-electron chi connectivity index (χ1n) is 5.28. The van der Waals surface area contributed by atoms with Gasteiger partial charge in [0.25, 0.3) is 0 Å². The highest BCUT2D eigenvalue weighted by Crippen LogP contribution is 2.04. The number of methoxy groups -OCH3 is 1. The third-order valence-electron chi connectivity index (χ3n) is 1.97. The summed E-state index contributed by atoms with van der Waals surface area (Å²) < 4.78 is 9.44. The molecule has 0 aromatic rings. The molecule has 5 nitrogen and oxygen atoms in total. The van der Waals surface area contributed by atoms with Crippen LogP contribution in [-0.2, 0) is 19.1 Å². The van der Waals surface area contributed by atoms with Crippen molar-refractivity contribution < 1.29 is 19.1 Å². The molecule has 0 rings (SSSR count). The number of carbonyl (C=O) groups excluding carboxylic acids is 2. The molecule has 0 unspecified atom stereocenters. The molecule has 0 aromatic carbocycles. The molecule has 0 radical (unpaired) electrons. The Bertz CT molecular complexity index is 308. The van der Waals surface area contributed by atoms with E-state index in [0.29, 0.717) is 25.1 Å². The van der Waals surface area contributed by atoms with Crippen LogP contribution < -0.4 is 0 Å². The maximum atomic E-state index is 11.3. The van der Waals surface area contributed by atoms with Gasteiger partial charge in [0.15, 0.2) is 0 Å². The lowest BCUT2D eigenvalue weighted by atomic mass is 10.2. The van der Waals surface area contributed by atoms with Crippen molar-refractivity contribution in [2.75, 3.05) is 27.8 Å². The van der Waals surface area contributed by atoms with Gasteiger partial charge in [-0.1, -0.05) is 12.7 Å². The van der Waals surface area contributed by atoms with Gasteiger partial charge in [0.1, 0.15) is 5.70 Å². The van der Waals surface area contributed by atoms with Crippen LogP contribution in [0.1, 0.15) is 12.8 Å². The molecule has 0 atom stereocenters. The van der Waals surface area contributed by atoms with E-state index < -0.39 is 5.97 Å². The number of hydrogen-bond donors (Lipinski definition) is 0. The van der Waals surface area contributed by atoms with Gasteiger partial charge in [0.05, 0.1) is 13.7 Å². The average molecular weight is 241 g/mol. The van der Waals surface area contributed by atoms with Gasteiger partial charge in [0.2, 0.25) is 0 Å². The molecule has 0 aromatic heterocycles. The number of esters is 2. The molecule has 0 aliphatic heterocycles. The summed E-state index contributed by atoms with van der Waals surface area (Å²) >= 11 is 0. The topological polar surface area (TPSA) is 55.8 Å². The summed E-state index contributed by atoms with van der Waals surface area (Å²) in [6.07, 6.45) is 4.16. The lowest BCUT2D eigenvalue weighted by molar-refractivity contribution is -0.138. The minimum atomic E-state index is -0.435. The summed E-state index contributed by atoms with van der Waals surface area (Å²) in [6, 6.07) is 0. The highest BCUT2D eigenvalue weighted by atomic mass is 16.5. The van der Waals surface area contributed by atoms with Crippen LogP contribution in [0.4, 0.5) is 0 Å². The third-order valence-corrected chi connectivity index (χ3v) is 1.97. The first kappa shape index (κ1) is 15.2. The quantitative estimate of drug-likeness (QED) is 0.380. The summed E-state index contributed by atoms with van der Waals surface area (Å²) in [6.45, 7) is 3.60. The van der Waals surface area contributed by atoms with Gasteiger partial charge >= 0.3 is 11.9 Å². The molecule has 0 heterocycles. The molecule has 5 heteroatoms. The molecule has 96 valence electrons. The Morgan fingerprint density at radius 2 is 2.00 bits per heavy atom. The average Bonchev–Trinajstić information content (AvgIpc) is 2.31. The van der Waals surface area contributed by atoms with E-state index >= 15 is 0 Å². The first-order chi connectivity index (χ1) is 8.02. The van der Waals surface area contributed by atoms with Crippen molar-refractivity contribution in [2.24, 2.45) is 0 Å². The molecule has 0 N–H and O–H groups in total. The zero-order valence-electron chi connectivity index (χ0n) is 10.6. The summed E-state index contributed by atoms with van der Waals surface area (Å²) in [5.74, 6) is -0.812. The number of hydrogen-bond acceptors (Lipinski definition) is 5. The van der Waals surface area contributed by atoms with Gasteiger partial charge in [-0.25, -0.2) is 9.59 Å². The number of carbonyl (C=O) groups is 2. The van der Waals surface area contributed by atoms with Gasteiger partial charge < -0.3 is 14.4 Å². The van der Waals surface area contributed by atoms with Crippen LogP contribution in [0.15, 0.2) is 24.4 Å². The highest BCUT2D eigenvalue weighted by molar-refractivity contribution is 5.87. The highest BCUT2D eigenvalue weighted by Gasteiger charge is 2.10. The zero-order valence-corrected chi connectivity index (χ0v) is 10.6. The van der Waals surface area contributed by atoms with Crippen molar-refractivity contribution in [1.82, 2.24) is 4.90 Å². The molecule has 17 heavy (non-hydrogen) atoms. The molecule has 0 spiro atoms. The Morgan fingerprint density at radius 1 is 1.35 bits per heavy atom. The maximum Gasteiger partial charge on any atom is 0.353 e. The van der Waals surface area contributed by atoms with E-state index in [-0.39, 0.29) is 5.97 Å². The molecule has 0 aliphatic rings. The predicted molar refractivity (Wildman–Crippen MR) is 64.2 cm³/mol. The van der Waals surface area contributed by atoms with Crippen molar-refractivity contribution in [1.29, 1.82) is 0 Å². The van der Waals surface area contributed by atoms with Gasteiger partial charge in [-0.15, -0.1) is 0 Å². The molecule has 0 saturated carbocycles. The minimum Gasteiger partial charge on any atom is -0.464 e. The molecule has 0 amide bonds. The van der Waals surface area contributed by atoms with Gasteiger partial charge in [-0.2, -0.15) is 0 Å². The van der Waals surface area contributed by atoms with E-state index in [9.17, 15) is 9.59 Å². The monoisotopic (exact) mass is 241 g/mol. The Balaban J connectivity index is 4.06. The van der Waals surface area contributed by atoms with Crippen LogP contribution in [0, 0.1) is 0 Å². The predicted octanol–water partition coefficient (Wildman–Crippen LogP) is 1.11. The van der Waals surface area contributed by atoms with Crippen LogP contribution in [0.25, 0.3) is 0 Å². The molecule has 0 saturated heterocycles. The number of nitrogens with zero attached hydrogens (tertiary/aromatic N) is 1. The van der Waals surface area contributed by atoms with Crippen molar-refractivity contribution >= 4 is 11.9 Å². The van der Waals surface area contributed by atoms with E-state index in [1.807, 2.05) is 0 Å². The van der Waals surface area contributed by atoms with Crippen molar-refractivity contribution in [2.45, 2.75) is 12.8 Å². The fraction of sp³-hybridized carbons (Fsp3) is 0.500. The SMILES string of the molecule is C=CC(=O)OCCCC=C(C(=O)OC)N(C)C. The van der Waals surface area contributed by atoms with Gasteiger partial charge in [0, 0.05) is 20.2 Å². The van der Waals surface area contributed by atoms with Crippen LogP contribution in [0.2, 0.25) is 0 Å². The zero-order chi connectivity index (χ0) is 13.3. The van der Waals surface area contributed by atoms with Crippen molar-refractivity contribution in [3.63, 3.8) is 0 Å². The van der Waals surface area contributed by atoms with Crippen molar-refractivity contribution in [3.05, 3.63) is 24.4 Å². The molecular formula is C12H19NO4. The normalized spacial score (nSPS) is 10.6. The second kappa shape index (κ2) is 8.38. The number of ether oxygens (including phenoxy) is 2. The van der Waals surface area contributed by atoms with Crippen LogP contribution >= 0.6 is 0 Å².